The minimum atomic E-state index is -4.02. The second-order valence-corrected chi connectivity index (χ2v) is 9.64. The number of para-hydroxylation sites is 1. The second kappa shape index (κ2) is 8.24. The van der Waals surface area contributed by atoms with Gasteiger partial charge in [-0.15, -0.1) is 0 Å². The van der Waals surface area contributed by atoms with Crippen molar-refractivity contribution in [2.24, 2.45) is 0 Å². The number of carbonyl (C=O) groups is 1. The van der Waals surface area contributed by atoms with E-state index in [1.54, 1.807) is 0 Å². The summed E-state index contributed by atoms with van der Waals surface area (Å²) in [7, 11) is -4.02. The summed E-state index contributed by atoms with van der Waals surface area (Å²) in [6, 6.07) is 16.9. The standard InChI is InChI=1S/C24H23FN2O3S/c1-16-6-5-7-17(2)23(16)26-24(28)22-14-18-8-3-4-9-19(18)15-27(22)31(29,30)21-12-10-20(25)11-13-21/h3-13,22H,14-15H2,1-2H3,(H,26,28). The highest BCUT2D eigenvalue weighted by atomic mass is 32.2. The van der Waals surface area contributed by atoms with Crippen LogP contribution in [0, 0.1) is 19.7 Å². The van der Waals surface area contributed by atoms with Gasteiger partial charge in [-0.2, -0.15) is 4.31 Å². The lowest BCUT2D eigenvalue weighted by molar-refractivity contribution is -0.120. The molecule has 1 atom stereocenters. The van der Waals surface area contributed by atoms with Crippen molar-refractivity contribution >= 4 is 21.6 Å². The van der Waals surface area contributed by atoms with Crippen LogP contribution in [0.25, 0.3) is 0 Å². The topological polar surface area (TPSA) is 66.5 Å². The van der Waals surface area contributed by atoms with Gasteiger partial charge >= 0.3 is 0 Å². The van der Waals surface area contributed by atoms with E-state index >= 15 is 0 Å². The molecule has 1 heterocycles. The average molecular weight is 439 g/mol. The predicted molar refractivity (Wildman–Crippen MR) is 118 cm³/mol. The smallest absolute Gasteiger partial charge is 0.244 e. The zero-order valence-electron chi connectivity index (χ0n) is 17.3. The fraction of sp³-hybridized carbons (Fsp3) is 0.208. The first-order chi connectivity index (χ1) is 14.8. The van der Waals surface area contributed by atoms with E-state index in [9.17, 15) is 17.6 Å². The summed E-state index contributed by atoms with van der Waals surface area (Å²) in [4.78, 5) is 13.3. The molecule has 0 bridgehead atoms. The lowest BCUT2D eigenvalue weighted by Crippen LogP contribution is -2.50. The van der Waals surface area contributed by atoms with Gasteiger partial charge < -0.3 is 5.32 Å². The van der Waals surface area contributed by atoms with Crippen molar-refractivity contribution < 1.29 is 17.6 Å². The molecular weight excluding hydrogens is 415 g/mol. The summed E-state index contributed by atoms with van der Waals surface area (Å²) in [6.45, 7) is 3.86. The van der Waals surface area contributed by atoms with Gasteiger partial charge in [-0.05, 0) is 66.8 Å². The normalized spacial score (nSPS) is 16.5. The number of benzene rings is 3. The number of rotatable bonds is 4. The van der Waals surface area contributed by atoms with Gasteiger partial charge in [0.2, 0.25) is 15.9 Å². The Morgan fingerprint density at radius 3 is 2.19 bits per heavy atom. The predicted octanol–water partition coefficient (Wildman–Crippen LogP) is 4.20. The third kappa shape index (κ3) is 4.11. The number of fused-ring (bicyclic) bond motifs is 1. The number of hydrogen-bond acceptors (Lipinski definition) is 3. The third-order valence-electron chi connectivity index (χ3n) is 5.66. The van der Waals surface area contributed by atoms with E-state index in [2.05, 4.69) is 5.32 Å². The highest BCUT2D eigenvalue weighted by molar-refractivity contribution is 7.89. The summed E-state index contributed by atoms with van der Waals surface area (Å²) in [5.41, 5.74) is 4.28. The van der Waals surface area contributed by atoms with Crippen LogP contribution in [0.5, 0.6) is 0 Å². The summed E-state index contributed by atoms with van der Waals surface area (Å²) in [5, 5.41) is 2.94. The number of aryl methyl sites for hydroxylation is 2. The van der Waals surface area contributed by atoms with E-state index in [0.717, 1.165) is 34.4 Å². The molecule has 0 aliphatic carbocycles. The average Bonchev–Trinajstić information content (AvgIpc) is 2.75. The first kappa shape index (κ1) is 21.2. The Morgan fingerprint density at radius 1 is 0.935 bits per heavy atom. The van der Waals surface area contributed by atoms with Crippen molar-refractivity contribution in [2.75, 3.05) is 5.32 Å². The van der Waals surface area contributed by atoms with Crippen LogP contribution in [-0.2, 0) is 27.8 Å². The van der Waals surface area contributed by atoms with Crippen molar-refractivity contribution in [3.8, 4) is 0 Å². The fourth-order valence-electron chi connectivity index (χ4n) is 3.94. The molecule has 0 saturated heterocycles. The number of nitrogens with one attached hydrogen (secondary N) is 1. The summed E-state index contributed by atoms with van der Waals surface area (Å²) in [5.74, 6) is -0.912. The fourth-order valence-corrected chi connectivity index (χ4v) is 5.50. The molecule has 4 rings (SSSR count). The summed E-state index contributed by atoms with van der Waals surface area (Å²) in [6.07, 6.45) is 0.257. The minimum Gasteiger partial charge on any atom is -0.324 e. The molecule has 3 aromatic rings. The zero-order valence-corrected chi connectivity index (χ0v) is 18.1. The van der Waals surface area contributed by atoms with Gasteiger partial charge in [-0.1, -0.05) is 42.5 Å². The van der Waals surface area contributed by atoms with E-state index in [0.29, 0.717) is 5.69 Å². The molecule has 1 aliphatic rings. The van der Waals surface area contributed by atoms with E-state index in [-0.39, 0.29) is 17.9 Å². The van der Waals surface area contributed by atoms with Crippen LogP contribution < -0.4 is 5.32 Å². The highest BCUT2D eigenvalue weighted by Crippen LogP contribution is 2.30. The second-order valence-electron chi connectivity index (χ2n) is 7.75. The van der Waals surface area contributed by atoms with Crippen LogP contribution in [-0.4, -0.2) is 24.7 Å². The number of halogens is 1. The molecule has 31 heavy (non-hydrogen) atoms. The zero-order chi connectivity index (χ0) is 22.2. The SMILES string of the molecule is Cc1cccc(C)c1NC(=O)C1Cc2ccccc2CN1S(=O)(=O)c1ccc(F)cc1. The van der Waals surface area contributed by atoms with Gasteiger partial charge in [0, 0.05) is 12.2 Å². The van der Waals surface area contributed by atoms with E-state index < -0.39 is 27.8 Å². The number of anilines is 1. The quantitative estimate of drug-likeness (QED) is 0.664. The van der Waals surface area contributed by atoms with E-state index in [1.807, 2.05) is 56.3 Å². The Balaban J connectivity index is 1.74. The molecular formula is C24H23FN2O3S. The monoisotopic (exact) mass is 438 g/mol. The number of hydrogen-bond donors (Lipinski definition) is 1. The van der Waals surface area contributed by atoms with Gasteiger partial charge in [0.25, 0.3) is 0 Å². The molecule has 1 aliphatic heterocycles. The van der Waals surface area contributed by atoms with Crippen LogP contribution in [0.15, 0.2) is 71.6 Å². The lowest BCUT2D eigenvalue weighted by atomic mass is 9.95. The first-order valence-electron chi connectivity index (χ1n) is 9.98. The van der Waals surface area contributed by atoms with Crippen molar-refractivity contribution in [1.29, 1.82) is 0 Å². The maximum Gasteiger partial charge on any atom is 0.244 e. The van der Waals surface area contributed by atoms with Crippen molar-refractivity contribution in [3.63, 3.8) is 0 Å². The number of sulfonamides is 1. The van der Waals surface area contributed by atoms with Gasteiger partial charge in [-0.25, -0.2) is 12.8 Å². The summed E-state index contributed by atoms with van der Waals surface area (Å²) < 4.78 is 41.4. The maximum atomic E-state index is 13.4. The van der Waals surface area contributed by atoms with E-state index in [1.165, 1.54) is 16.4 Å². The first-order valence-corrected chi connectivity index (χ1v) is 11.4. The number of nitrogens with zero attached hydrogens (tertiary/aromatic N) is 1. The van der Waals surface area contributed by atoms with Crippen LogP contribution in [0.4, 0.5) is 10.1 Å². The number of amides is 1. The van der Waals surface area contributed by atoms with Crippen molar-refractivity contribution in [2.45, 2.75) is 37.8 Å². The Bertz CT molecular complexity index is 1220. The molecule has 7 heteroatoms. The molecule has 0 fully saturated rings. The largest absolute Gasteiger partial charge is 0.324 e. The van der Waals surface area contributed by atoms with Gasteiger partial charge in [-0.3, -0.25) is 4.79 Å². The van der Waals surface area contributed by atoms with Crippen molar-refractivity contribution in [3.05, 3.63) is 94.8 Å². The van der Waals surface area contributed by atoms with Gasteiger partial charge in [0.05, 0.1) is 4.90 Å². The van der Waals surface area contributed by atoms with E-state index in [4.69, 9.17) is 0 Å². The van der Waals surface area contributed by atoms with Crippen LogP contribution >= 0.6 is 0 Å². The molecule has 1 amide bonds. The lowest BCUT2D eigenvalue weighted by Gasteiger charge is -2.35. The van der Waals surface area contributed by atoms with Gasteiger partial charge in [0.15, 0.2) is 0 Å². The third-order valence-corrected chi connectivity index (χ3v) is 7.53. The van der Waals surface area contributed by atoms with Crippen LogP contribution in [0.1, 0.15) is 22.3 Å². The molecule has 160 valence electrons. The molecule has 5 nitrogen and oxygen atoms in total. The van der Waals surface area contributed by atoms with Crippen molar-refractivity contribution in [1.82, 2.24) is 4.31 Å². The van der Waals surface area contributed by atoms with Crippen LogP contribution in [0.2, 0.25) is 0 Å². The molecule has 0 aromatic heterocycles. The Hall–Kier alpha value is -3.03. The molecule has 0 saturated carbocycles. The Morgan fingerprint density at radius 2 is 1.55 bits per heavy atom. The molecule has 1 unspecified atom stereocenters. The molecule has 0 spiro atoms. The minimum absolute atomic E-state index is 0.0434. The molecule has 1 N–H and O–H groups in total. The molecule has 3 aromatic carbocycles. The Kier molecular flexibility index (Phi) is 5.64. The van der Waals surface area contributed by atoms with Crippen LogP contribution in [0.3, 0.4) is 0 Å². The van der Waals surface area contributed by atoms with Gasteiger partial charge in [0.1, 0.15) is 11.9 Å². The number of carbonyl (C=O) groups excluding carboxylic acids is 1. The Labute approximate surface area is 181 Å². The highest BCUT2D eigenvalue weighted by Gasteiger charge is 2.39. The molecule has 0 radical (unpaired) electrons. The maximum absolute atomic E-state index is 13.4. The summed E-state index contributed by atoms with van der Waals surface area (Å²) >= 11 is 0.